The standard InChI is InChI=1S/C22H25N3O6S/c1-22(13-16-7-5-6-8-19(16)31-3)20(27)25(21(28)23-22)14-18(26)15-9-11-17(12-10-15)24(2)32(4,29)30/h5-12H,13-14H2,1-4H3,(H,23,28)/t22-/m0/s1. The number of methoxy groups -OCH3 is 1. The fourth-order valence-corrected chi connectivity index (χ4v) is 4.03. The van der Waals surface area contributed by atoms with Crippen LogP contribution in [0.5, 0.6) is 5.75 Å². The zero-order valence-electron chi connectivity index (χ0n) is 18.3. The monoisotopic (exact) mass is 459 g/mol. The number of carbonyl (C=O) groups is 3. The van der Waals surface area contributed by atoms with Gasteiger partial charge in [-0.15, -0.1) is 0 Å². The fraction of sp³-hybridized carbons (Fsp3) is 0.318. The van der Waals surface area contributed by atoms with E-state index in [1.54, 1.807) is 13.0 Å². The number of rotatable bonds is 8. The largest absolute Gasteiger partial charge is 0.496 e. The van der Waals surface area contributed by atoms with Gasteiger partial charge in [-0.05, 0) is 42.8 Å². The number of ketones is 1. The Bertz CT molecular complexity index is 1160. The van der Waals surface area contributed by atoms with Gasteiger partial charge in [-0.25, -0.2) is 13.2 Å². The molecule has 3 rings (SSSR count). The van der Waals surface area contributed by atoms with Crippen LogP contribution in [0.3, 0.4) is 0 Å². The Kier molecular flexibility index (Phi) is 6.27. The van der Waals surface area contributed by atoms with E-state index in [-0.39, 0.29) is 12.0 Å². The number of para-hydroxylation sites is 1. The molecule has 2 aromatic carbocycles. The Morgan fingerprint density at radius 3 is 2.34 bits per heavy atom. The summed E-state index contributed by atoms with van der Waals surface area (Å²) in [5.74, 6) is -0.344. The molecular weight excluding hydrogens is 434 g/mol. The molecule has 0 bridgehead atoms. The lowest BCUT2D eigenvalue weighted by Gasteiger charge is -2.22. The Balaban J connectivity index is 1.74. The van der Waals surface area contributed by atoms with Crippen molar-refractivity contribution in [3.05, 3.63) is 59.7 Å². The van der Waals surface area contributed by atoms with Crippen LogP contribution >= 0.6 is 0 Å². The first-order valence-corrected chi connectivity index (χ1v) is 11.6. The first-order chi connectivity index (χ1) is 15.0. The minimum absolute atomic E-state index is 0.207. The molecule has 1 aliphatic heterocycles. The predicted molar refractivity (Wildman–Crippen MR) is 119 cm³/mol. The molecule has 1 saturated heterocycles. The molecule has 10 heteroatoms. The van der Waals surface area contributed by atoms with Crippen molar-refractivity contribution in [2.45, 2.75) is 18.9 Å². The third kappa shape index (κ3) is 4.59. The lowest BCUT2D eigenvalue weighted by Crippen LogP contribution is -2.46. The number of benzene rings is 2. The van der Waals surface area contributed by atoms with Crippen LogP contribution in [0, 0.1) is 0 Å². The summed E-state index contributed by atoms with van der Waals surface area (Å²) in [5.41, 5.74) is 0.191. The molecule has 1 N–H and O–H groups in total. The molecule has 0 unspecified atom stereocenters. The van der Waals surface area contributed by atoms with Gasteiger partial charge in [0.05, 0.1) is 25.6 Å². The minimum Gasteiger partial charge on any atom is -0.496 e. The molecule has 0 spiro atoms. The topological polar surface area (TPSA) is 113 Å². The van der Waals surface area contributed by atoms with Crippen molar-refractivity contribution in [1.82, 2.24) is 10.2 Å². The van der Waals surface area contributed by atoms with Crippen LogP contribution in [0.15, 0.2) is 48.5 Å². The summed E-state index contributed by atoms with van der Waals surface area (Å²) < 4.78 is 29.7. The summed E-state index contributed by atoms with van der Waals surface area (Å²) in [5, 5.41) is 2.68. The maximum Gasteiger partial charge on any atom is 0.325 e. The number of amides is 3. The highest BCUT2D eigenvalue weighted by atomic mass is 32.2. The fourth-order valence-electron chi connectivity index (χ4n) is 3.52. The molecule has 3 amide bonds. The molecule has 0 radical (unpaired) electrons. The number of Topliss-reactive ketones (excluding diaryl/α,β-unsaturated/α-hetero) is 1. The summed E-state index contributed by atoms with van der Waals surface area (Å²) in [6, 6.07) is 12.5. The molecule has 9 nitrogen and oxygen atoms in total. The van der Waals surface area contributed by atoms with Crippen molar-refractivity contribution < 1.29 is 27.5 Å². The van der Waals surface area contributed by atoms with E-state index in [1.165, 1.54) is 38.4 Å². The van der Waals surface area contributed by atoms with Crippen LogP contribution in [0.25, 0.3) is 0 Å². The molecule has 32 heavy (non-hydrogen) atoms. The third-order valence-corrected chi connectivity index (χ3v) is 6.64. The molecule has 2 aromatic rings. The van der Waals surface area contributed by atoms with Gasteiger partial charge < -0.3 is 10.1 Å². The number of anilines is 1. The predicted octanol–water partition coefficient (Wildman–Crippen LogP) is 1.83. The maximum atomic E-state index is 13.0. The van der Waals surface area contributed by atoms with E-state index < -0.39 is 39.8 Å². The molecular formula is C22H25N3O6S. The number of ether oxygens (including phenoxy) is 1. The van der Waals surface area contributed by atoms with Crippen LogP contribution in [0.1, 0.15) is 22.8 Å². The van der Waals surface area contributed by atoms with Crippen LogP contribution in [0.4, 0.5) is 10.5 Å². The number of urea groups is 1. The van der Waals surface area contributed by atoms with Crippen LogP contribution in [0.2, 0.25) is 0 Å². The summed E-state index contributed by atoms with van der Waals surface area (Å²) in [7, 11) is -0.500. The first-order valence-electron chi connectivity index (χ1n) is 9.79. The number of hydrogen-bond donors (Lipinski definition) is 1. The van der Waals surface area contributed by atoms with Gasteiger partial charge in [-0.3, -0.25) is 18.8 Å². The van der Waals surface area contributed by atoms with Crippen LogP contribution < -0.4 is 14.4 Å². The van der Waals surface area contributed by atoms with Gasteiger partial charge in [-0.2, -0.15) is 0 Å². The molecule has 1 heterocycles. The minimum atomic E-state index is -3.43. The Morgan fingerprint density at radius 1 is 1.12 bits per heavy atom. The van der Waals surface area contributed by atoms with Gasteiger partial charge in [0.2, 0.25) is 10.0 Å². The van der Waals surface area contributed by atoms with Gasteiger partial charge in [0.1, 0.15) is 11.3 Å². The zero-order chi connectivity index (χ0) is 23.7. The van der Waals surface area contributed by atoms with E-state index in [2.05, 4.69) is 5.32 Å². The summed E-state index contributed by atoms with van der Waals surface area (Å²) in [6.45, 7) is 1.19. The van der Waals surface area contributed by atoms with Crippen LogP contribution in [-0.4, -0.2) is 63.5 Å². The van der Waals surface area contributed by atoms with E-state index >= 15 is 0 Å². The van der Waals surface area contributed by atoms with E-state index in [0.717, 1.165) is 21.0 Å². The third-order valence-electron chi connectivity index (χ3n) is 5.43. The Labute approximate surface area is 187 Å². The van der Waals surface area contributed by atoms with Gasteiger partial charge in [0, 0.05) is 19.0 Å². The number of nitrogens with zero attached hydrogens (tertiary/aromatic N) is 2. The van der Waals surface area contributed by atoms with Gasteiger partial charge in [0.15, 0.2) is 5.78 Å². The Hall–Kier alpha value is -3.40. The smallest absolute Gasteiger partial charge is 0.325 e. The quantitative estimate of drug-likeness (QED) is 0.476. The highest BCUT2D eigenvalue weighted by Crippen LogP contribution is 2.27. The van der Waals surface area contributed by atoms with Crippen molar-refractivity contribution in [3.8, 4) is 5.75 Å². The van der Waals surface area contributed by atoms with Crippen molar-refractivity contribution in [3.63, 3.8) is 0 Å². The van der Waals surface area contributed by atoms with Crippen molar-refractivity contribution in [2.24, 2.45) is 0 Å². The lowest BCUT2D eigenvalue weighted by molar-refractivity contribution is -0.130. The Morgan fingerprint density at radius 2 is 1.75 bits per heavy atom. The van der Waals surface area contributed by atoms with Crippen molar-refractivity contribution in [2.75, 3.05) is 31.3 Å². The first kappa shape index (κ1) is 23.3. The van der Waals surface area contributed by atoms with E-state index in [9.17, 15) is 22.8 Å². The van der Waals surface area contributed by atoms with Gasteiger partial charge in [-0.1, -0.05) is 18.2 Å². The average molecular weight is 460 g/mol. The normalized spacial score (nSPS) is 18.4. The number of carbonyl (C=O) groups excluding carboxylic acids is 3. The summed E-state index contributed by atoms with van der Waals surface area (Å²) in [4.78, 5) is 39.2. The van der Waals surface area contributed by atoms with E-state index in [1.807, 2.05) is 18.2 Å². The maximum absolute atomic E-state index is 13.0. The SMILES string of the molecule is COc1ccccc1C[C@]1(C)NC(=O)N(CC(=O)c2ccc(N(C)S(C)(=O)=O)cc2)C1=O. The number of imide groups is 1. The second kappa shape index (κ2) is 8.62. The van der Waals surface area contributed by atoms with Crippen LogP contribution in [-0.2, 0) is 21.2 Å². The molecule has 0 saturated carbocycles. The highest BCUT2D eigenvalue weighted by Gasteiger charge is 2.48. The number of sulfonamides is 1. The summed E-state index contributed by atoms with van der Waals surface area (Å²) >= 11 is 0. The molecule has 170 valence electrons. The summed E-state index contributed by atoms with van der Waals surface area (Å²) in [6.07, 6.45) is 1.28. The van der Waals surface area contributed by atoms with Gasteiger partial charge >= 0.3 is 6.03 Å². The molecule has 0 aliphatic carbocycles. The number of hydrogen-bond acceptors (Lipinski definition) is 6. The van der Waals surface area contributed by atoms with Crippen molar-refractivity contribution >= 4 is 33.4 Å². The van der Waals surface area contributed by atoms with Crippen molar-refractivity contribution in [1.29, 1.82) is 0 Å². The molecule has 0 aromatic heterocycles. The molecule has 1 atom stereocenters. The van der Waals surface area contributed by atoms with Gasteiger partial charge in [0.25, 0.3) is 5.91 Å². The highest BCUT2D eigenvalue weighted by molar-refractivity contribution is 7.92. The van der Waals surface area contributed by atoms with E-state index in [4.69, 9.17) is 4.74 Å². The molecule has 1 aliphatic rings. The van der Waals surface area contributed by atoms with E-state index in [0.29, 0.717) is 11.4 Å². The number of nitrogens with one attached hydrogen (secondary N) is 1. The second-order valence-corrected chi connectivity index (χ2v) is 9.86. The lowest BCUT2D eigenvalue weighted by atomic mass is 9.92. The second-order valence-electron chi connectivity index (χ2n) is 7.84. The average Bonchev–Trinajstić information content (AvgIpc) is 2.95. The zero-order valence-corrected chi connectivity index (χ0v) is 19.1. The molecule has 1 fully saturated rings.